The van der Waals surface area contributed by atoms with E-state index in [4.69, 9.17) is 13.3 Å². The molecule has 9 heteroatoms. The molecule has 1 aromatic rings. The van der Waals surface area contributed by atoms with Crippen LogP contribution in [0, 0.1) is 0 Å². The normalized spacial score (nSPS) is 9.38. The Bertz CT molecular complexity index is 291. The predicted octanol–water partition coefficient (Wildman–Crippen LogP) is -4.29. The van der Waals surface area contributed by atoms with Crippen LogP contribution in [-0.2, 0) is 17.5 Å². The van der Waals surface area contributed by atoms with Gasteiger partial charge in [-0.1, -0.05) is 30.3 Å². The fourth-order valence-corrected chi connectivity index (χ4v) is 0.627. The second-order valence-electron chi connectivity index (χ2n) is 2.07. The standard InChI is InChI=1S/C7H5F3.2Li.H2O3S/c8-7(9,10)6-4-2-1-3-5-6;;;1-4(2)3/h1-5H;;;(H2,1,2,3)/q;2*+1;/p-2. The van der Waals surface area contributed by atoms with Gasteiger partial charge in [-0.05, 0) is 0 Å². The van der Waals surface area contributed by atoms with Gasteiger partial charge < -0.3 is 9.11 Å². The summed E-state index contributed by atoms with van der Waals surface area (Å²) in [5.41, 5.74) is -0.602. The molecule has 0 unspecified atom stereocenters. The molecule has 0 spiro atoms. The van der Waals surface area contributed by atoms with Crippen molar-refractivity contribution in [3.8, 4) is 0 Å². The Morgan fingerprint density at radius 2 is 1.31 bits per heavy atom. The van der Waals surface area contributed by atoms with Gasteiger partial charge in [0.1, 0.15) is 0 Å². The van der Waals surface area contributed by atoms with E-state index >= 15 is 0 Å². The van der Waals surface area contributed by atoms with Crippen LogP contribution in [0.15, 0.2) is 30.3 Å². The fourth-order valence-electron chi connectivity index (χ4n) is 0.627. The Morgan fingerprint density at radius 3 is 1.50 bits per heavy atom. The molecule has 0 aliphatic carbocycles. The van der Waals surface area contributed by atoms with Crippen molar-refractivity contribution < 1.29 is 64.2 Å². The average molecular weight is 240 g/mol. The summed E-state index contributed by atoms with van der Waals surface area (Å²) in [5.74, 6) is 0. The van der Waals surface area contributed by atoms with E-state index in [0.717, 1.165) is 12.1 Å². The van der Waals surface area contributed by atoms with Gasteiger partial charge >= 0.3 is 43.9 Å². The number of alkyl halides is 3. The molecule has 1 aromatic carbocycles. The maximum Gasteiger partial charge on any atom is 1.00 e. The summed E-state index contributed by atoms with van der Waals surface area (Å²) in [6.07, 6.45) is -4.21. The maximum absolute atomic E-state index is 11.8. The van der Waals surface area contributed by atoms with Crippen LogP contribution in [0.25, 0.3) is 0 Å². The van der Waals surface area contributed by atoms with Crippen LogP contribution >= 0.6 is 0 Å². The molecule has 80 valence electrons. The van der Waals surface area contributed by atoms with Crippen LogP contribution in [0.1, 0.15) is 5.56 Å². The van der Waals surface area contributed by atoms with Crippen LogP contribution in [0.4, 0.5) is 13.2 Å². The number of hydrogen-bond donors (Lipinski definition) is 0. The van der Waals surface area contributed by atoms with Gasteiger partial charge in [-0.15, -0.1) is 11.4 Å². The molecule has 16 heavy (non-hydrogen) atoms. The molecule has 0 atom stereocenters. The minimum atomic E-state index is -4.21. The first-order valence-corrected chi connectivity index (χ1v) is 4.23. The minimum Gasteiger partial charge on any atom is -0.784 e. The first-order valence-electron chi connectivity index (χ1n) is 3.23. The van der Waals surface area contributed by atoms with Crippen molar-refractivity contribution in [2.45, 2.75) is 6.18 Å². The molecule has 0 radical (unpaired) electrons. The first-order chi connectivity index (χ1) is 6.34. The summed E-state index contributed by atoms with van der Waals surface area (Å²) in [6, 6.07) is 6.36. The molecule has 0 aliphatic rings. The SMILES string of the molecule is FC(F)(F)c1ccccc1.O=S([O-])[O-].[Li+].[Li+]. The Labute approximate surface area is 117 Å². The Kier molecular flexibility index (Phi) is 14.0. The second kappa shape index (κ2) is 10.4. The number of benzene rings is 1. The van der Waals surface area contributed by atoms with Crippen LogP contribution in [0.3, 0.4) is 0 Å². The zero-order valence-electron chi connectivity index (χ0n) is 8.65. The molecule has 1 rings (SSSR count). The topological polar surface area (TPSA) is 63.2 Å². The van der Waals surface area contributed by atoms with Crippen LogP contribution in [-0.4, -0.2) is 13.3 Å². The number of rotatable bonds is 0. The molecule has 0 aliphatic heterocycles. The molecule has 0 bridgehead atoms. The third kappa shape index (κ3) is 12.3. The smallest absolute Gasteiger partial charge is 0.784 e. The van der Waals surface area contributed by atoms with Crippen molar-refractivity contribution in [2.75, 3.05) is 0 Å². The first kappa shape index (κ1) is 21.5. The van der Waals surface area contributed by atoms with Crippen molar-refractivity contribution in [1.82, 2.24) is 0 Å². The molecule has 0 heterocycles. The minimum absolute atomic E-state index is 0. The summed E-state index contributed by atoms with van der Waals surface area (Å²) in [4.78, 5) is 0. The van der Waals surface area contributed by atoms with E-state index in [0.29, 0.717) is 0 Å². The Balaban J connectivity index is -0.000000249. The van der Waals surface area contributed by atoms with E-state index < -0.39 is 23.1 Å². The number of halogens is 3. The summed E-state index contributed by atoms with van der Waals surface area (Å²) >= 11 is -3.11. The Hall–Kier alpha value is 0.275. The van der Waals surface area contributed by atoms with Gasteiger partial charge in [0.15, 0.2) is 0 Å². The zero-order valence-corrected chi connectivity index (χ0v) is 9.47. The van der Waals surface area contributed by atoms with E-state index in [-0.39, 0.29) is 37.7 Å². The van der Waals surface area contributed by atoms with Crippen molar-refractivity contribution in [3.05, 3.63) is 35.9 Å². The van der Waals surface area contributed by atoms with E-state index in [1.807, 2.05) is 0 Å². The van der Waals surface area contributed by atoms with Crippen molar-refractivity contribution in [1.29, 1.82) is 0 Å². The maximum atomic E-state index is 11.8. The summed E-state index contributed by atoms with van der Waals surface area (Å²) < 4.78 is 60.7. The van der Waals surface area contributed by atoms with Gasteiger partial charge in [0.25, 0.3) is 0 Å². The molecular formula is C7H5F3Li2O3S. The van der Waals surface area contributed by atoms with Crippen LogP contribution < -0.4 is 37.7 Å². The monoisotopic (exact) mass is 240 g/mol. The molecule has 0 saturated carbocycles. The molecule has 3 nitrogen and oxygen atoms in total. The summed E-state index contributed by atoms with van der Waals surface area (Å²) in [5, 5.41) is 0. The van der Waals surface area contributed by atoms with E-state index in [9.17, 15) is 13.2 Å². The quantitative estimate of drug-likeness (QED) is 0.340. The molecule has 0 amide bonds. The van der Waals surface area contributed by atoms with Crippen LogP contribution in [0.2, 0.25) is 0 Å². The second-order valence-corrected chi connectivity index (χ2v) is 2.48. The van der Waals surface area contributed by atoms with Crippen molar-refractivity contribution >= 4 is 11.4 Å². The van der Waals surface area contributed by atoms with E-state index in [1.54, 1.807) is 6.07 Å². The average Bonchev–Trinajstić information content (AvgIpc) is 2.03. The largest absolute Gasteiger partial charge is 1.00 e. The van der Waals surface area contributed by atoms with Crippen molar-refractivity contribution in [3.63, 3.8) is 0 Å². The molecule has 0 saturated heterocycles. The van der Waals surface area contributed by atoms with Gasteiger partial charge in [0, 0.05) is 0 Å². The third-order valence-corrected chi connectivity index (χ3v) is 1.10. The predicted molar refractivity (Wildman–Crippen MR) is 41.1 cm³/mol. The fraction of sp³-hybridized carbons (Fsp3) is 0.143. The summed E-state index contributed by atoms with van der Waals surface area (Å²) in [6.45, 7) is 0. The molecule has 0 aromatic heterocycles. The third-order valence-electron chi connectivity index (χ3n) is 1.10. The number of hydrogen-bond acceptors (Lipinski definition) is 3. The van der Waals surface area contributed by atoms with Gasteiger partial charge in [0.2, 0.25) is 0 Å². The summed E-state index contributed by atoms with van der Waals surface area (Å²) in [7, 11) is 0. The van der Waals surface area contributed by atoms with E-state index in [2.05, 4.69) is 0 Å². The van der Waals surface area contributed by atoms with Gasteiger partial charge in [-0.25, -0.2) is 0 Å². The zero-order chi connectivity index (χ0) is 11.2. The molecule has 0 N–H and O–H groups in total. The van der Waals surface area contributed by atoms with E-state index in [1.165, 1.54) is 12.1 Å². The van der Waals surface area contributed by atoms with Crippen LogP contribution in [0.5, 0.6) is 0 Å². The van der Waals surface area contributed by atoms with Gasteiger partial charge in [0.05, 0.1) is 5.56 Å². The molecular weight excluding hydrogens is 235 g/mol. The van der Waals surface area contributed by atoms with Crippen molar-refractivity contribution in [2.24, 2.45) is 0 Å². The van der Waals surface area contributed by atoms with Gasteiger partial charge in [-0.2, -0.15) is 13.2 Å². The van der Waals surface area contributed by atoms with Gasteiger partial charge in [-0.3, -0.25) is 4.21 Å². The Morgan fingerprint density at radius 1 is 1.00 bits per heavy atom. The molecule has 0 fully saturated rings.